The van der Waals surface area contributed by atoms with E-state index in [1.807, 2.05) is 12.1 Å². The van der Waals surface area contributed by atoms with Crippen molar-refractivity contribution in [3.05, 3.63) is 34.1 Å². The van der Waals surface area contributed by atoms with Crippen LogP contribution >= 0.6 is 15.9 Å². The zero-order valence-electron chi connectivity index (χ0n) is 10.1. The Morgan fingerprint density at radius 2 is 2.06 bits per heavy atom. The maximum Gasteiger partial charge on any atom is 0.127 e. The zero-order valence-corrected chi connectivity index (χ0v) is 11.6. The van der Waals surface area contributed by atoms with Gasteiger partial charge in [-0.25, -0.2) is 4.39 Å². The minimum absolute atomic E-state index is 0.127. The summed E-state index contributed by atoms with van der Waals surface area (Å²) in [4.78, 5) is 0. The average Bonchev–Trinajstić information content (AvgIpc) is 2.20. The number of rotatable bonds is 5. The van der Waals surface area contributed by atoms with Crippen molar-refractivity contribution in [1.82, 2.24) is 5.32 Å². The van der Waals surface area contributed by atoms with Gasteiger partial charge in [0.15, 0.2) is 0 Å². The Hall–Kier alpha value is -0.410. The molecular weight excluding hydrogens is 269 g/mol. The van der Waals surface area contributed by atoms with Crippen molar-refractivity contribution in [2.75, 3.05) is 6.54 Å². The zero-order chi connectivity index (χ0) is 12.1. The highest BCUT2D eigenvalue weighted by Gasteiger charge is 2.14. The summed E-state index contributed by atoms with van der Waals surface area (Å²) in [6, 6.07) is 5.60. The normalized spacial score (nSPS) is 13.1. The van der Waals surface area contributed by atoms with Gasteiger partial charge in [0.25, 0.3) is 0 Å². The van der Waals surface area contributed by atoms with Gasteiger partial charge in [0.05, 0.1) is 0 Å². The molecule has 1 atom stereocenters. The molecule has 1 unspecified atom stereocenters. The molecule has 1 aromatic carbocycles. The fraction of sp³-hybridized carbons (Fsp3) is 0.538. The molecule has 1 nitrogen and oxygen atoms in total. The molecule has 0 radical (unpaired) electrons. The number of hydrogen-bond donors (Lipinski definition) is 1. The van der Waals surface area contributed by atoms with E-state index < -0.39 is 0 Å². The first-order chi connectivity index (χ1) is 7.54. The highest BCUT2D eigenvalue weighted by atomic mass is 79.9. The van der Waals surface area contributed by atoms with Crippen LogP contribution in [0.3, 0.4) is 0 Å². The Balaban J connectivity index is 2.77. The summed E-state index contributed by atoms with van der Waals surface area (Å²) in [6.45, 7) is 7.31. The van der Waals surface area contributed by atoms with Crippen molar-refractivity contribution in [2.45, 2.75) is 33.2 Å². The molecule has 0 fully saturated rings. The van der Waals surface area contributed by atoms with Crippen LogP contribution in [0, 0.1) is 11.7 Å². The first-order valence-corrected chi connectivity index (χ1v) is 6.51. The molecule has 90 valence electrons. The summed E-state index contributed by atoms with van der Waals surface area (Å²) in [7, 11) is 0. The summed E-state index contributed by atoms with van der Waals surface area (Å²) in [5.74, 6) is 0.376. The fourth-order valence-electron chi connectivity index (χ4n) is 1.73. The third-order valence-corrected chi connectivity index (χ3v) is 3.22. The van der Waals surface area contributed by atoms with E-state index >= 15 is 0 Å². The molecule has 0 amide bonds. The summed E-state index contributed by atoms with van der Waals surface area (Å²) in [6.07, 6.45) is 0.741. The third kappa shape index (κ3) is 3.87. The van der Waals surface area contributed by atoms with Gasteiger partial charge in [-0.1, -0.05) is 42.8 Å². The van der Waals surface area contributed by atoms with Gasteiger partial charge in [-0.2, -0.15) is 0 Å². The second kappa shape index (κ2) is 6.36. The van der Waals surface area contributed by atoms with E-state index in [1.54, 1.807) is 0 Å². The summed E-state index contributed by atoms with van der Waals surface area (Å²) in [5, 5.41) is 3.39. The second-order valence-corrected chi connectivity index (χ2v) is 5.26. The van der Waals surface area contributed by atoms with Gasteiger partial charge in [-0.15, -0.1) is 0 Å². The van der Waals surface area contributed by atoms with Gasteiger partial charge < -0.3 is 5.32 Å². The van der Waals surface area contributed by atoms with Crippen molar-refractivity contribution in [1.29, 1.82) is 0 Å². The summed E-state index contributed by atoms with van der Waals surface area (Å²) in [5.41, 5.74) is 0.780. The largest absolute Gasteiger partial charge is 0.314 e. The van der Waals surface area contributed by atoms with Crippen LogP contribution in [0.1, 0.15) is 26.3 Å². The molecule has 0 saturated carbocycles. The van der Waals surface area contributed by atoms with Crippen LogP contribution < -0.4 is 5.32 Å². The number of likely N-dealkylation sites (N-methyl/N-ethyl adjacent to an activating group) is 1. The fourth-order valence-corrected chi connectivity index (χ4v) is 2.06. The van der Waals surface area contributed by atoms with E-state index in [2.05, 4.69) is 42.0 Å². The highest BCUT2D eigenvalue weighted by molar-refractivity contribution is 9.10. The van der Waals surface area contributed by atoms with Crippen molar-refractivity contribution < 1.29 is 4.39 Å². The maximum atomic E-state index is 13.7. The van der Waals surface area contributed by atoms with Gasteiger partial charge >= 0.3 is 0 Å². The SMILES string of the molecule is CCNC(Cc1ccc(Br)cc1F)C(C)C. The molecule has 1 aromatic rings. The molecule has 0 aliphatic rings. The van der Waals surface area contributed by atoms with Gasteiger partial charge in [0.2, 0.25) is 0 Å². The van der Waals surface area contributed by atoms with Crippen LogP contribution in [0.4, 0.5) is 4.39 Å². The average molecular weight is 288 g/mol. The molecular formula is C13H19BrFN. The lowest BCUT2D eigenvalue weighted by Gasteiger charge is -2.22. The Bertz CT molecular complexity index is 339. The van der Waals surface area contributed by atoms with Crippen molar-refractivity contribution in [3.63, 3.8) is 0 Å². The monoisotopic (exact) mass is 287 g/mol. The third-order valence-electron chi connectivity index (χ3n) is 2.73. The molecule has 0 saturated heterocycles. The molecule has 0 aliphatic heterocycles. The quantitative estimate of drug-likeness (QED) is 0.869. The number of benzene rings is 1. The van der Waals surface area contributed by atoms with Crippen LogP contribution in [0.5, 0.6) is 0 Å². The van der Waals surface area contributed by atoms with Crippen LogP contribution in [0.2, 0.25) is 0 Å². The molecule has 3 heteroatoms. The lowest BCUT2D eigenvalue weighted by molar-refractivity contribution is 0.400. The Morgan fingerprint density at radius 1 is 1.38 bits per heavy atom. The minimum Gasteiger partial charge on any atom is -0.314 e. The smallest absolute Gasteiger partial charge is 0.127 e. The highest BCUT2D eigenvalue weighted by Crippen LogP contribution is 2.18. The molecule has 0 spiro atoms. The van der Waals surface area contributed by atoms with Crippen molar-refractivity contribution in [3.8, 4) is 0 Å². The molecule has 0 aromatic heterocycles. The maximum absolute atomic E-state index is 13.7. The van der Waals surface area contributed by atoms with Crippen LogP contribution in [-0.4, -0.2) is 12.6 Å². The van der Waals surface area contributed by atoms with Crippen molar-refractivity contribution in [2.24, 2.45) is 5.92 Å². The molecule has 0 heterocycles. The Kier molecular flexibility index (Phi) is 5.42. The second-order valence-electron chi connectivity index (χ2n) is 4.35. The molecule has 1 N–H and O–H groups in total. The van der Waals surface area contributed by atoms with E-state index in [1.165, 1.54) is 6.07 Å². The Morgan fingerprint density at radius 3 is 2.56 bits per heavy atom. The predicted molar refractivity (Wildman–Crippen MR) is 70.1 cm³/mol. The molecule has 0 bridgehead atoms. The molecule has 0 aliphatic carbocycles. The van der Waals surface area contributed by atoms with Gasteiger partial charge in [-0.3, -0.25) is 0 Å². The van der Waals surface area contributed by atoms with Crippen LogP contribution in [0.25, 0.3) is 0 Å². The number of halogens is 2. The van der Waals surface area contributed by atoms with E-state index in [0.29, 0.717) is 12.0 Å². The van der Waals surface area contributed by atoms with Crippen LogP contribution in [0.15, 0.2) is 22.7 Å². The first kappa shape index (κ1) is 13.7. The van der Waals surface area contributed by atoms with E-state index in [9.17, 15) is 4.39 Å². The van der Waals surface area contributed by atoms with E-state index in [0.717, 1.165) is 23.0 Å². The molecule has 1 rings (SSSR count). The topological polar surface area (TPSA) is 12.0 Å². The summed E-state index contributed by atoms with van der Waals surface area (Å²) >= 11 is 3.27. The lowest BCUT2D eigenvalue weighted by atomic mass is 9.96. The number of hydrogen-bond acceptors (Lipinski definition) is 1. The van der Waals surface area contributed by atoms with E-state index in [-0.39, 0.29) is 5.82 Å². The van der Waals surface area contributed by atoms with Gasteiger partial charge in [-0.05, 0) is 36.6 Å². The standard InChI is InChI=1S/C13H19BrFN/c1-4-16-13(9(2)3)7-10-5-6-11(14)8-12(10)15/h5-6,8-9,13,16H,4,7H2,1-3H3. The predicted octanol–water partition coefficient (Wildman–Crippen LogP) is 3.76. The van der Waals surface area contributed by atoms with Crippen LogP contribution in [-0.2, 0) is 6.42 Å². The van der Waals surface area contributed by atoms with Gasteiger partial charge in [0, 0.05) is 10.5 Å². The van der Waals surface area contributed by atoms with E-state index in [4.69, 9.17) is 0 Å². The molecule has 16 heavy (non-hydrogen) atoms. The van der Waals surface area contributed by atoms with Gasteiger partial charge in [0.1, 0.15) is 5.82 Å². The minimum atomic E-state index is -0.127. The lowest BCUT2D eigenvalue weighted by Crippen LogP contribution is -2.35. The first-order valence-electron chi connectivity index (χ1n) is 5.72. The Labute approximate surface area is 106 Å². The van der Waals surface area contributed by atoms with Crippen molar-refractivity contribution >= 4 is 15.9 Å². The summed E-state index contributed by atoms with van der Waals surface area (Å²) < 4.78 is 14.4. The number of nitrogens with one attached hydrogen (secondary N) is 1.